The van der Waals surface area contributed by atoms with E-state index in [1.807, 2.05) is 0 Å². The molecule has 2 aromatic heterocycles. The summed E-state index contributed by atoms with van der Waals surface area (Å²) in [5.74, 6) is -0.682. The van der Waals surface area contributed by atoms with Crippen LogP contribution in [0.3, 0.4) is 0 Å². The van der Waals surface area contributed by atoms with E-state index in [1.54, 1.807) is 0 Å². The predicted octanol–water partition coefficient (Wildman–Crippen LogP) is 0.675. The Labute approximate surface area is 106 Å². The van der Waals surface area contributed by atoms with E-state index in [4.69, 9.17) is 11.6 Å². The van der Waals surface area contributed by atoms with Gasteiger partial charge in [-0.3, -0.25) is 4.79 Å². The normalized spacial score (nSPS) is 10.5. The molecule has 0 saturated heterocycles. The lowest BCUT2D eigenvalue weighted by Gasteiger charge is -1.97. The van der Waals surface area contributed by atoms with Crippen molar-refractivity contribution in [2.75, 3.05) is 0 Å². The van der Waals surface area contributed by atoms with E-state index in [9.17, 15) is 14.9 Å². The summed E-state index contributed by atoms with van der Waals surface area (Å²) in [5, 5.41) is 13.8. The Hall–Kier alpha value is -1.81. The first kappa shape index (κ1) is 11.7. The van der Waals surface area contributed by atoms with Gasteiger partial charge in [-0.15, -0.1) is 4.68 Å². The molecular formula is C6H2BrClN6O3. The molecule has 0 radical (unpaired) electrons. The lowest BCUT2D eigenvalue weighted by atomic mass is 10.6. The van der Waals surface area contributed by atoms with E-state index in [1.165, 1.54) is 0 Å². The zero-order valence-electron chi connectivity index (χ0n) is 7.79. The zero-order chi connectivity index (χ0) is 12.6. The van der Waals surface area contributed by atoms with Crippen LogP contribution in [0.2, 0.25) is 5.02 Å². The van der Waals surface area contributed by atoms with Crippen molar-refractivity contribution in [1.29, 1.82) is 0 Å². The molecule has 2 heterocycles. The Bertz CT molecular complexity index is 651. The molecule has 2 aromatic rings. The second-order valence-electron chi connectivity index (χ2n) is 2.72. The largest absolute Gasteiger partial charge is 0.492 e. The van der Waals surface area contributed by atoms with E-state index in [-0.39, 0.29) is 15.6 Å². The minimum absolute atomic E-state index is 0.0178. The van der Waals surface area contributed by atoms with Crippen molar-refractivity contribution in [3.8, 4) is 5.82 Å². The monoisotopic (exact) mass is 320 g/mol. The van der Waals surface area contributed by atoms with Crippen LogP contribution in [0.25, 0.3) is 5.82 Å². The van der Waals surface area contributed by atoms with Crippen LogP contribution in [-0.2, 0) is 0 Å². The molecule has 0 aliphatic carbocycles. The van der Waals surface area contributed by atoms with Gasteiger partial charge in [0.15, 0.2) is 10.8 Å². The van der Waals surface area contributed by atoms with Crippen LogP contribution in [0.4, 0.5) is 5.95 Å². The molecule has 88 valence electrons. The summed E-state index contributed by atoms with van der Waals surface area (Å²) in [5.41, 5.74) is -0.582. The summed E-state index contributed by atoms with van der Waals surface area (Å²) in [7, 11) is 0. The predicted molar refractivity (Wildman–Crippen MR) is 59.1 cm³/mol. The van der Waals surface area contributed by atoms with Gasteiger partial charge in [0.1, 0.15) is 0 Å². The smallest absolute Gasteiger partial charge is 0.390 e. The summed E-state index contributed by atoms with van der Waals surface area (Å²) in [6, 6.07) is 0. The molecule has 0 amide bonds. The molecule has 0 aromatic carbocycles. The maximum atomic E-state index is 11.2. The Balaban J connectivity index is 2.65. The molecule has 11 heteroatoms. The second kappa shape index (κ2) is 4.22. The van der Waals surface area contributed by atoms with Crippen molar-refractivity contribution in [3.63, 3.8) is 0 Å². The molecule has 2 rings (SSSR count). The van der Waals surface area contributed by atoms with Gasteiger partial charge in [0, 0.05) is 21.0 Å². The molecule has 0 aliphatic rings. The number of aromatic amines is 1. The highest BCUT2D eigenvalue weighted by molar-refractivity contribution is 9.10. The van der Waals surface area contributed by atoms with Crippen molar-refractivity contribution < 1.29 is 4.92 Å². The highest BCUT2D eigenvalue weighted by atomic mass is 79.9. The van der Waals surface area contributed by atoms with Gasteiger partial charge in [-0.2, -0.15) is 0 Å². The highest BCUT2D eigenvalue weighted by Crippen LogP contribution is 2.19. The zero-order valence-corrected chi connectivity index (χ0v) is 10.1. The van der Waals surface area contributed by atoms with Gasteiger partial charge < -0.3 is 15.1 Å². The third-order valence-electron chi connectivity index (χ3n) is 1.70. The fourth-order valence-corrected chi connectivity index (χ4v) is 1.61. The van der Waals surface area contributed by atoms with Crippen molar-refractivity contribution >= 4 is 33.5 Å². The maximum absolute atomic E-state index is 11.2. The molecule has 1 N–H and O–H groups in total. The standard InChI is InChI=1S/C6H2BrClN6O3/c7-5-11-6(14(16)17)12-13(5)3-2(8)4(15)10-1-9-3/h1H,(H,9,10,15). The van der Waals surface area contributed by atoms with Crippen molar-refractivity contribution in [2.24, 2.45) is 0 Å². The number of rotatable bonds is 2. The van der Waals surface area contributed by atoms with Gasteiger partial charge >= 0.3 is 5.95 Å². The van der Waals surface area contributed by atoms with Crippen LogP contribution in [0.5, 0.6) is 0 Å². The minimum atomic E-state index is -0.775. The first-order valence-corrected chi connectivity index (χ1v) is 5.18. The quantitative estimate of drug-likeness (QED) is 0.641. The molecule has 0 atom stereocenters. The van der Waals surface area contributed by atoms with Crippen LogP contribution in [0.1, 0.15) is 0 Å². The molecule has 9 nitrogen and oxygen atoms in total. The third-order valence-corrected chi connectivity index (χ3v) is 2.55. The lowest BCUT2D eigenvalue weighted by molar-refractivity contribution is -0.394. The number of nitrogens with zero attached hydrogens (tertiary/aromatic N) is 5. The van der Waals surface area contributed by atoms with Gasteiger partial charge in [-0.25, -0.2) is 4.98 Å². The summed E-state index contributed by atoms with van der Waals surface area (Å²) < 4.78 is 0.972. The Kier molecular flexibility index (Phi) is 2.90. The molecule has 0 aliphatic heterocycles. The minimum Gasteiger partial charge on any atom is -0.390 e. The van der Waals surface area contributed by atoms with Crippen molar-refractivity contribution in [2.45, 2.75) is 0 Å². The number of aromatic nitrogens is 5. The fraction of sp³-hybridized carbons (Fsp3) is 0. The SMILES string of the molecule is O=c1[nH]cnc(-n2nc([N+](=O)[O-])nc2Br)c1Cl. The molecule has 17 heavy (non-hydrogen) atoms. The van der Waals surface area contributed by atoms with E-state index < -0.39 is 16.4 Å². The first-order chi connectivity index (χ1) is 8.00. The topological polar surface area (TPSA) is 120 Å². The summed E-state index contributed by atoms with van der Waals surface area (Å²) >= 11 is 8.66. The van der Waals surface area contributed by atoms with E-state index in [0.29, 0.717) is 0 Å². The Morgan fingerprint density at radius 2 is 2.29 bits per heavy atom. The van der Waals surface area contributed by atoms with Gasteiger partial charge in [0.25, 0.3) is 10.3 Å². The summed E-state index contributed by atoms with van der Waals surface area (Å²) in [4.78, 5) is 30.5. The Morgan fingerprint density at radius 3 is 2.88 bits per heavy atom. The van der Waals surface area contributed by atoms with Crippen LogP contribution in [-0.4, -0.2) is 29.7 Å². The molecule has 0 fully saturated rings. The lowest BCUT2D eigenvalue weighted by Crippen LogP contribution is -2.12. The van der Waals surface area contributed by atoms with Crippen LogP contribution in [0.15, 0.2) is 15.9 Å². The number of hydrogen-bond donors (Lipinski definition) is 1. The van der Waals surface area contributed by atoms with Gasteiger partial charge in [-0.1, -0.05) is 11.6 Å². The average Bonchev–Trinajstić information content (AvgIpc) is 2.65. The molecular weight excluding hydrogens is 319 g/mol. The molecule has 0 bridgehead atoms. The average molecular weight is 321 g/mol. The number of halogens is 2. The van der Waals surface area contributed by atoms with Crippen LogP contribution < -0.4 is 5.56 Å². The van der Waals surface area contributed by atoms with Gasteiger partial charge in [0.2, 0.25) is 0 Å². The summed E-state index contributed by atoms with van der Waals surface area (Å²) in [6.45, 7) is 0. The number of nitrogens with one attached hydrogen (secondary N) is 1. The molecule has 0 saturated carbocycles. The first-order valence-electron chi connectivity index (χ1n) is 4.01. The van der Waals surface area contributed by atoms with E-state index in [2.05, 4.69) is 36.0 Å². The molecule has 0 spiro atoms. The molecule has 0 unspecified atom stereocenters. The number of H-pyrrole nitrogens is 1. The summed E-state index contributed by atoms with van der Waals surface area (Å²) in [6.07, 6.45) is 1.10. The van der Waals surface area contributed by atoms with Crippen molar-refractivity contribution in [3.05, 3.63) is 36.6 Å². The highest BCUT2D eigenvalue weighted by Gasteiger charge is 2.23. The maximum Gasteiger partial charge on any atom is 0.492 e. The van der Waals surface area contributed by atoms with Crippen molar-refractivity contribution in [1.82, 2.24) is 24.7 Å². The number of nitro groups is 1. The van der Waals surface area contributed by atoms with Crippen LogP contribution in [0, 0.1) is 10.1 Å². The van der Waals surface area contributed by atoms with Gasteiger partial charge in [-0.05, 0) is 9.91 Å². The van der Waals surface area contributed by atoms with Gasteiger partial charge in [0.05, 0.1) is 6.33 Å². The van der Waals surface area contributed by atoms with E-state index in [0.717, 1.165) is 11.0 Å². The van der Waals surface area contributed by atoms with Crippen LogP contribution >= 0.6 is 27.5 Å². The Morgan fingerprint density at radius 1 is 1.59 bits per heavy atom. The fourth-order valence-electron chi connectivity index (χ4n) is 1.02. The van der Waals surface area contributed by atoms with E-state index >= 15 is 0 Å². The third kappa shape index (κ3) is 2.03. The number of hydrogen-bond acceptors (Lipinski definition) is 6. The second-order valence-corrected chi connectivity index (χ2v) is 3.81.